The normalized spacial score (nSPS) is 21.1. The quantitative estimate of drug-likeness (QED) is 0.165. The Kier molecular flexibility index (Phi) is 9.65. The molecule has 242 valence electrons. The number of alkyl halides is 3. The average Bonchev–Trinajstić information content (AvgIpc) is 3.48. The summed E-state index contributed by atoms with van der Waals surface area (Å²) >= 11 is 0. The molecule has 1 N–H and O–H groups in total. The Balaban J connectivity index is 0.000000537. The van der Waals surface area contributed by atoms with Crippen LogP contribution in [0.1, 0.15) is 30.3 Å². The first kappa shape index (κ1) is 32.5. The summed E-state index contributed by atoms with van der Waals surface area (Å²) in [4.78, 5) is 26.9. The number of hydrogen-bond acceptors (Lipinski definition) is 8. The molecule has 0 saturated carbocycles. The zero-order valence-corrected chi connectivity index (χ0v) is 24.3. The molecule has 3 saturated heterocycles. The first-order chi connectivity index (χ1) is 21.9. The summed E-state index contributed by atoms with van der Waals surface area (Å²) in [6.07, 6.45) is -3.59. The van der Waals surface area contributed by atoms with E-state index in [0.717, 1.165) is 31.5 Å². The van der Waals surface area contributed by atoms with E-state index in [1.165, 1.54) is 24.3 Å². The van der Waals surface area contributed by atoms with Gasteiger partial charge in [-0.25, -0.2) is 13.6 Å². The van der Waals surface area contributed by atoms with Crippen LogP contribution in [0.3, 0.4) is 0 Å². The highest BCUT2D eigenvalue weighted by Crippen LogP contribution is 2.38. The molecule has 0 aliphatic carbocycles. The number of hydrogen-bond donors (Lipinski definition) is 1. The standard InChI is InChI=1S/C30H29F2N4O3.C2HF3O2/c31-23-9-4-8-22(16-23)29-34-27(35-39-29)19-36-14-12-20(13-15-36)26(18-36)38-30(37)28(21-6-2-1-3-7-21)33-25-11-5-10-24(32)17-25;3-2(4,5)1(6)7/h1-11,16-17,20,26,28,33H,12-15,18-19H2;(H,6,7)/q+1;/p-1/t20?,26-,28?,36?;/m0./s1. The van der Waals surface area contributed by atoms with E-state index in [-0.39, 0.29) is 29.5 Å². The van der Waals surface area contributed by atoms with Crippen LogP contribution in [-0.4, -0.2) is 58.5 Å². The van der Waals surface area contributed by atoms with Crippen molar-refractivity contribution in [2.75, 3.05) is 25.0 Å². The second kappa shape index (κ2) is 13.6. The van der Waals surface area contributed by atoms with Gasteiger partial charge in [0.25, 0.3) is 5.89 Å². The van der Waals surface area contributed by atoms with Gasteiger partial charge in [0, 0.05) is 30.0 Å². The molecule has 1 unspecified atom stereocenters. The van der Waals surface area contributed by atoms with E-state index in [1.807, 2.05) is 30.3 Å². The summed E-state index contributed by atoms with van der Waals surface area (Å²) in [5.41, 5.74) is 1.79. The van der Waals surface area contributed by atoms with Crippen LogP contribution in [0.25, 0.3) is 11.5 Å². The molecule has 2 bridgehead atoms. The molecule has 4 heterocycles. The minimum absolute atomic E-state index is 0.255. The van der Waals surface area contributed by atoms with Crippen LogP contribution < -0.4 is 10.4 Å². The van der Waals surface area contributed by atoms with Gasteiger partial charge in [-0.2, -0.15) is 18.2 Å². The first-order valence-electron chi connectivity index (χ1n) is 14.4. The Hall–Kier alpha value is -4.85. The van der Waals surface area contributed by atoms with Crippen molar-refractivity contribution in [3.63, 3.8) is 0 Å². The van der Waals surface area contributed by atoms with Crippen molar-refractivity contribution in [1.29, 1.82) is 0 Å². The summed E-state index contributed by atoms with van der Waals surface area (Å²) in [7, 11) is 0. The fourth-order valence-electron chi connectivity index (χ4n) is 5.82. The average molecular weight is 645 g/mol. The lowest BCUT2D eigenvalue weighted by Crippen LogP contribution is -2.64. The third-order valence-electron chi connectivity index (χ3n) is 8.06. The summed E-state index contributed by atoms with van der Waals surface area (Å²) in [6.45, 7) is 3.07. The Morgan fingerprint density at radius 3 is 2.26 bits per heavy atom. The van der Waals surface area contributed by atoms with Crippen molar-refractivity contribution < 1.29 is 50.4 Å². The number of benzene rings is 3. The molecule has 3 aliphatic rings. The molecule has 3 aromatic carbocycles. The molecule has 0 amide bonds. The highest BCUT2D eigenvalue weighted by Gasteiger charge is 2.48. The molecule has 0 spiro atoms. The van der Waals surface area contributed by atoms with Crippen LogP contribution in [0.5, 0.6) is 0 Å². The number of nitrogens with one attached hydrogen (secondary N) is 1. The van der Waals surface area contributed by atoms with E-state index in [0.29, 0.717) is 34.6 Å². The molecule has 14 heteroatoms. The van der Waals surface area contributed by atoms with Gasteiger partial charge in [-0.15, -0.1) is 0 Å². The van der Waals surface area contributed by atoms with E-state index < -0.39 is 24.2 Å². The van der Waals surface area contributed by atoms with Gasteiger partial charge < -0.3 is 29.0 Å². The summed E-state index contributed by atoms with van der Waals surface area (Å²) < 4.78 is 71.3. The SMILES string of the molecule is O=C(O[C@H]1C[N+]2(Cc3noc(-c4cccc(F)c4)n3)CCC1CC2)C(Nc1cccc(F)c1)c1ccccc1.O=C([O-])C(F)(F)F. The summed E-state index contributed by atoms with van der Waals surface area (Å²) in [5.74, 6) is -3.03. The molecule has 3 fully saturated rings. The van der Waals surface area contributed by atoms with Crippen LogP contribution in [0.4, 0.5) is 27.6 Å². The number of carboxylic acid groups (broad SMARTS) is 1. The number of carbonyl (C=O) groups is 2. The number of anilines is 1. The zero-order valence-electron chi connectivity index (χ0n) is 24.3. The van der Waals surface area contributed by atoms with Gasteiger partial charge in [0.1, 0.15) is 30.7 Å². The second-order valence-corrected chi connectivity index (χ2v) is 11.3. The molecule has 9 nitrogen and oxygen atoms in total. The second-order valence-electron chi connectivity index (χ2n) is 11.3. The van der Waals surface area contributed by atoms with E-state index in [1.54, 1.807) is 24.3 Å². The van der Waals surface area contributed by atoms with Gasteiger partial charge in [-0.1, -0.05) is 47.6 Å². The number of aliphatic carboxylic acids is 1. The maximum absolute atomic E-state index is 13.8. The molecule has 7 rings (SSSR count). The topological polar surface area (TPSA) is 117 Å². The molecular formula is C32H29F5N4O5. The molecule has 1 aromatic heterocycles. The fraction of sp³-hybridized carbons (Fsp3) is 0.312. The number of fused-ring (bicyclic) bond motifs is 3. The van der Waals surface area contributed by atoms with Crippen molar-refractivity contribution in [2.45, 2.75) is 37.7 Å². The molecular weight excluding hydrogens is 615 g/mol. The van der Waals surface area contributed by atoms with E-state index in [4.69, 9.17) is 19.2 Å². The smallest absolute Gasteiger partial charge is 0.430 e. The number of ether oxygens (including phenoxy) is 1. The predicted molar refractivity (Wildman–Crippen MR) is 151 cm³/mol. The van der Waals surface area contributed by atoms with Gasteiger partial charge in [-0.05, 0) is 42.0 Å². The van der Waals surface area contributed by atoms with Crippen molar-refractivity contribution in [2.24, 2.45) is 5.92 Å². The van der Waals surface area contributed by atoms with Gasteiger partial charge in [0.2, 0.25) is 5.82 Å². The number of carbonyl (C=O) groups excluding carboxylic acids is 2. The number of halogens is 5. The molecule has 4 aromatic rings. The Bertz CT molecular complexity index is 1660. The van der Waals surface area contributed by atoms with Crippen LogP contribution >= 0.6 is 0 Å². The molecule has 46 heavy (non-hydrogen) atoms. The molecule has 2 atom stereocenters. The van der Waals surface area contributed by atoms with Crippen LogP contribution in [0, 0.1) is 17.6 Å². The van der Waals surface area contributed by atoms with Gasteiger partial charge >= 0.3 is 12.1 Å². The van der Waals surface area contributed by atoms with E-state index >= 15 is 0 Å². The Labute approximate surface area is 260 Å². The molecule has 3 aliphatic heterocycles. The van der Waals surface area contributed by atoms with Crippen molar-refractivity contribution >= 4 is 17.6 Å². The number of nitrogens with zero attached hydrogens (tertiary/aromatic N) is 3. The third-order valence-corrected chi connectivity index (χ3v) is 8.06. The minimum Gasteiger partial charge on any atom is -0.542 e. The highest BCUT2D eigenvalue weighted by atomic mass is 19.4. The summed E-state index contributed by atoms with van der Waals surface area (Å²) in [5, 5.41) is 16.1. The Morgan fingerprint density at radius 2 is 1.63 bits per heavy atom. The Morgan fingerprint density at radius 1 is 0.978 bits per heavy atom. The lowest BCUT2D eigenvalue weighted by atomic mass is 9.83. The largest absolute Gasteiger partial charge is 0.542 e. The first-order valence-corrected chi connectivity index (χ1v) is 14.4. The number of quaternary nitrogens is 1. The number of esters is 1. The fourth-order valence-corrected chi connectivity index (χ4v) is 5.82. The maximum Gasteiger partial charge on any atom is 0.430 e. The lowest BCUT2D eigenvalue weighted by molar-refractivity contribution is -0.958. The zero-order chi connectivity index (χ0) is 32.9. The predicted octanol–water partition coefficient (Wildman–Crippen LogP) is 4.82. The minimum atomic E-state index is -5.19. The third kappa shape index (κ3) is 8.05. The highest BCUT2D eigenvalue weighted by molar-refractivity contribution is 5.81. The number of aromatic nitrogens is 2. The number of piperidine rings is 3. The monoisotopic (exact) mass is 644 g/mol. The lowest BCUT2D eigenvalue weighted by Gasteiger charge is -2.51. The van der Waals surface area contributed by atoms with Crippen molar-refractivity contribution in [3.8, 4) is 11.5 Å². The van der Waals surface area contributed by atoms with Crippen molar-refractivity contribution in [1.82, 2.24) is 10.1 Å². The molecule has 0 radical (unpaired) electrons. The van der Waals surface area contributed by atoms with E-state index in [2.05, 4.69) is 15.5 Å². The van der Waals surface area contributed by atoms with Gasteiger partial charge in [-0.3, -0.25) is 0 Å². The van der Waals surface area contributed by atoms with Gasteiger partial charge in [0.15, 0.2) is 12.1 Å². The van der Waals surface area contributed by atoms with E-state index in [9.17, 15) is 26.7 Å². The van der Waals surface area contributed by atoms with Crippen molar-refractivity contribution in [3.05, 3.63) is 102 Å². The summed E-state index contributed by atoms with van der Waals surface area (Å²) in [6, 6.07) is 20.7. The van der Waals surface area contributed by atoms with Crippen LogP contribution in [0.15, 0.2) is 83.4 Å². The number of rotatable bonds is 8. The number of carboxylic acids is 1. The van der Waals surface area contributed by atoms with Gasteiger partial charge in [0.05, 0.1) is 13.1 Å². The van der Waals surface area contributed by atoms with Crippen LogP contribution in [-0.2, 0) is 20.9 Å². The maximum atomic E-state index is 13.8. The van der Waals surface area contributed by atoms with Crippen LogP contribution in [0.2, 0.25) is 0 Å².